The SMILES string of the molecule is CC(C)[C@@H]1CC2(CC2)CN1C(C)C.CC(C)[C@@H]1CCCN1C(C)C.CC(C)[C@@H]1CC[C@H](C)N1C(C)C.CC(C)[C@@H]1C[C@@H]2CCC[C@@H]2N1C(C)C.CC[C@H]1CC[C@@H](C(C)C)N1C(C)C.COC[C@H]1C[C@@H](C(C)C)N(C(C)C)C1. The molecule has 0 unspecified atom stereocenters. The van der Waals surface area contributed by atoms with E-state index in [4.69, 9.17) is 4.74 Å². The fourth-order valence-electron chi connectivity index (χ4n) is 16.8. The number of fused-ring (bicyclic) bond motifs is 1. The van der Waals surface area contributed by atoms with Gasteiger partial charge in [-0.1, -0.05) is 96.4 Å². The summed E-state index contributed by atoms with van der Waals surface area (Å²) in [7, 11) is 1.81. The van der Waals surface area contributed by atoms with Gasteiger partial charge in [-0.15, -0.1) is 0 Å². The Kier molecular flexibility index (Phi) is 30.7. The highest BCUT2D eigenvalue weighted by Crippen LogP contribution is 2.56. The van der Waals surface area contributed by atoms with Crippen LogP contribution in [0.15, 0.2) is 0 Å². The van der Waals surface area contributed by atoms with Crippen molar-refractivity contribution in [3.8, 4) is 0 Å². The topological polar surface area (TPSA) is 28.7 Å². The lowest BCUT2D eigenvalue weighted by atomic mass is 9.96. The first-order valence-corrected chi connectivity index (χ1v) is 34.0. The number of hydrogen-bond acceptors (Lipinski definition) is 7. The molecule has 2 saturated carbocycles. The Morgan fingerprint density at radius 1 is 0.442 bits per heavy atom. The van der Waals surface area contributed by atoms with Crippen molar-refractivity contribution in [1.29, 1.82) is 0 Å². The average Bonchev–Trinajstić information content (AvgIpc) is 4.11. The fourth-order valence-corrected chi connectivity index (χ4v) is 16.8. The molecule has 0 amide bonds. The number of ether oxygens (including phenoxy) is 1. The van der Waals surface area contributed by atoms with Crippen LogP contribution >= 0.6 is 0 Å². The van der Waals surface area contributed by atoms with E-state index < -0.39 is 0 Å². The lowest BCUT2D eigenvalue weighted by molar-refractivity contribution is 0.116. The number of likely N-dealkylation sites (tertiary alicyclic amines) is 6. The molecular formula is C70H142N6O. The summed E-state index contributed by atoms with van der Waals surface area (Å²) >= 11 is 0. The highest BCUT2D eigenvalue weighted by Gasteiger charge is 2.53. The van der Waals surface area contributed by atoms with E-state index in [9.17, 15) is 0 Å². The molecule has 0 N–H and O–H groups in total. The molecule has 8 rings (SSSR count). The molecule has 2 aliphatic carbocycles. The summed E-state index contributed by atoms with van der Waals surface area (Å²) in [5, 5.41) is 0. The van der Waals surface area contributed by atoms with Gasteiger partial charge in [0.1, 0.15) is 0 Å². The van der Waals surface area contributed by atoms with Gasteiger partial charge in [-0.2, -0.15) is 0 Å². The molecule has 6 aliphatic heterocycles. The highest BCUT2D eigenvalue weighted by atomic mass is 16.5. The first-order chi connectivity index (χ1) is 35.9. The van der Waals surface area contributed by atoms with E-state index >= 15 is 0 Å². The Balaban J connectivity index is 0.000000244. The van der Waals surface area contributed by atoms with Crippen molar-refractivity contribution in [3.05, 3.63) is 0 Å². The zero-order valence-corrected chi connectivity index (χ0v) is 57.3. The first kappa shape index (κ1) is 71.0. The van der Waals surface area contributed by atoms with Crippen LogP contribution in [-0.2, 0) is 4.74 Å². The van der Waals surface area contributed by atoms with Gasteiger partial charge >= 0.3 is 0 Å². The molecule has 458 valence electrons. The Morgan fingerprint density at radius 3 is 1.32 bits per heavy atom. The standard InChI is InChI=1S/C13H25N.C12H25NO.C12H23N.C12H25N.C11H23N.C10H21N/c1-9(2)13-8-11-6-5-7-12(11)14(13)10(3)4;1-9(2)12-6-11(8-14-5)7-13(12)10(3)4;1-9(2)11-7-12(5-6-12)8-13(11)10(3)4;1-6-11-7-8-12(9(2)3)13(11)10(4)5;1-8(2)11-7-6-10(5)12(11)9(3)4;1-8(2)10-6-5-7-11(10)9(3)4/h9-13H,5-8H2,1-4H3;9-12H,6-8H2,1-5H3;9-11H,5-8H2,1-4H3;9-12H,6-8H2,1-5H3;8-11H,6-7H2,1-5H3;8-10H,5-7H2,1-4H3/t11-,12-,13-;11-,12-;11-;11-,12-;10-,11-;10-/m000000/s1. The van der Waals surface area contributed by atoms with Crippen molar-refractivity contribution in [1.82, 2.24) is 29.4 Å². The molecule has 1 spiro atoms. The van der Waals surface area contributed by atoms with Gasteiger partial charge in [-0.05, 0) is 239 Å². The maximum Gasteiger partial charge on any atom is 0.0503 e. The molecule has 0 bridgehead atoms. The average molecular weight is 1080 g/mol. The van der Waals surface area contributed by atoms with Gasteiger partial charge < -0.3 is 4.74 Å². The molecule has 6 heterocycles. The second kappa shape index (κ2) is 33.3. The Morgan fingerprint density at radius 2 is 0.935 bits per heavy atom. The second-order valence-corrected chi connectivity index (χ2v) is 30.8. The van der Waals surface area contributed by atoms with Crippen LogP contribution in [0.25, 0.3) is 0 Å². The molecule has 7 heteroatoms. The predicted octanol–water partition coefficient (Wildman–Crippen LogP) is 17.3. The van der Waals surface area contributed by atoms with Gasteiger partial charge in [0.05, 0.1) is 6.61 Å². The number of methoxy groups -OCH3 is 1. The molecule has 8 aliphatic rings. The number of rotatable bonds is 15. The van der Waals surface area contributed by atoms with Gasteiger partial charge in [0, 0.05) is 111 Å². The van der Waals surface area contributed by atoms with Gasteiger partial charge in [0.2, 0.25) is 0 Å². The van der Waals surface area contributed by atoms with Crippen molar-refractivity contribution < 1.29 is 4.74 Å². The largest absolute Gasteiger partial charge is 0.384 e. The van der Waals surface area contributed by atoms with Crippen molar-refractivity contribution in [2.45, 2.75) is 367 Å². The van der Waals surface area contributed by atoms with Crippen LogP contribution < -0.4 is 0 Å². The lowest BCUT2D eigenvalue weighted by Crippen LogP contribution is -2.43. The third-order valence-electron chi connectivity index (χ3n) is 20.9. The van der Waals surface area contributed by atoms with Crippen LogP contribution in [0.2, 0.25) is 0 Å². The minimum atomic E-state index is 0.671. The Bertz CT molecular complexity index is 1500. The van der Waals surface area contributed by atoms with E-state index in [-0.39, 0.29) is 0 Å². The van der Waals surface area contributed by atoms with Crippen molar-refractivity contribution in [2.75, 3.05) is 33.4 Å². The highest BCUT2D eigenvalue weighted by molar-refractivity contribution is 5.06. The summed E-state index contributed by atoms with van der Waals surface area (Å²) in [5.74, 6) is 6.68. The fraction of sp³-hybridized carbons (Fsp3) is 1.00. The van der Waals surface area contributed by atoms with E-state index in [1.54, 1.807) is 0 Å². The number of hydrogen-bond donors (Lipinski definition) is 0. The van der Waals surface area contributed by atoms with Gasteiger partial charge in [0.25, 0.3) is 0 Å². The van der Waals surface area contributed by atoms with Gasteiger partial charge in [-0.25, -0.2) is 0 Å². The first-order valence-electron chi connectivity index (χ1n) is 34.0. The zero-order chi connectivity index (χ0) is 58.4. The monoisotopic (exact) mass is 1080 g/mol. The molecular weight excluding hydrogens is 941 g/mol. The molecule has 11 atom stereocenters. The van der Waals surface area contributed by atoms with E-state index in [1.165, 1.54) is 116 Å². The molecule has 0 aromatic heterocycles. The lowest BCUT2D eigenvalue weighted by Gasteiger charge is -2.35. The van der Waals surface area contributed by atoms with E-state index in [0.29, 0.717) is 6.04 Å². The minimum absolute atomic E-state index is 0.671. The van der Waals surface area contributed by atoms with Crippen LogP contribution in [0.1, 0.15) is 276 Å². The minimum Gasteiger partial charge on any atom is -0.384 e. The van der Waals surface area contributed by atoms with E-state index in [0.717, 1.165) is 144 Å². The predicted molar refractivity (Wildman–Crippen MR) is 341 cm³/mol. The normalized spacial score (nSPS) is 31.9. The number of nitrogens with zero attached hydrogens (tertiary/aromatic N) is 6. The van der Waals surface area contributed by atoms with E-state index in [2.05, 4.69) is 209 Å². The van der Waals surface area contributed by atoms with Crippen molar-refractivity contribution in [2.24, 2.45) is 52.8 Å². The third-order valence-corrected chi connectivity index (χ3v) is 20.9. The van der Waals surface area contributed by atoms with Crippen LogP contribution in [0.4, 0.5) is 0 Å². The molecule has 6 saturated heterocycles. The summed E-state index contributed by atoms with van der Waals surface area (Å²) in [5.41, 5.74) is 0.777. The van der Waals surface area contributed by atoms with Crippen LogP contribution in [0.5, 0.6) is 0 Å². The maximum absolute atomic E-state index is 5.26. The smallest absolute Gasteiger partial charge is 0.0503 e. The zero-order valence-electron chi connectivity index (χ0n) is 57.3. The van der Waals surface area contributed by atoms with Crippen molar-refractivity contribution >= 4 is 0 Å². The molecule has 0 aromatic rings. The summed E-state index contributed by atoms with van der Waals surface area (Å²) < 4.78 is 5.26. The molecule has 8 fully saturated rings. The van der Waals surface area contributed by atoms with Crippen LogP contribution in [0.3, 0.4) is 0 Å². The summed E-state index contributed by atoms with van der Waals surface area (Å²) in [6, 6.07) is 11.9. The summed E-state index contributed by atoms with van der Waals surface area (Å²) in [6.07, 6.45) is 21.4. The van der Waals surface area contributed by atoms with Gasteiger partial charge in [-0.3, -0.25) is 29.4 Å². The maximum atomic E-state index is 5.26. The molecule has 7 nitrogen and oxygen atoms in total. The molecule has 77 heavy (non-hydrogen) atoms. The Hall–Kier alpha value is -0.280. The van der Waals surface area contributed by atoms with Crippen LogP contribution in [-0.4, -0.2) is 153 Å². The third kappa shape index (κ3) is 20.5. The summed E-state index contributed by atoms with van der Waals surface area (Å²) in [4.78, 5) is 16.3. The molecule has 0 aromatic carbocycles. The van der Waals surface area contributed by atoms with Gasteiger partial charge in [0.15, 0.2) is 0 Å². The quantitative estimate of drug-likeness (QED) is 0.161. The van der Waals surface area contributed by atoms with Crippen molar-refractivity contribution in [3.63, 3.8) is 0 Å². The van der Waals surface area contributed by atoms with E-state index in [1.807, 2.05) is 7.11 Å². The van der Waals surface area contributed by atoms with Crippen LogP contribution in [0, 0.1) is 52.8 Å². The Labute approximate surface area is 485 Å². The molecule has 0 radical (unpaired) electrons. The second-order valence-electron chi connectivity index (χ2n) is 30.8. The summed E-state index contributed by atoms with van der Waals surface area (Å²) in [6.45, 7) is 65.7.